The molecule has 17 heavy (non-hydrogen) atoms. The Labute approximate surface area is 103 Å². The second-order valence-electron chi connectivity index (χ2n) is 3.76. The van der Waals surface area contributed by atoms with Crippen LogP contribution < -0.4 is 5.32 Å². The third kappa shape index (κ3) is 2.82. The lowest BCUT2D eigenvalue weighted by molar-refractivity contribution is 0.282. The van der Waals surface area contributed by atoms with Gasteiger partial charge in [0, 0.05) is 13.1 Å². The van der Waals surface area contributed by atoms with E-state index < -0.39 is 15.8 Å². The monoisotopic (exact) mass is 280 g/mol. The van der Waals surface area contributed by atoms with Crippen molar-refractivity contribution in [2.45, 2.75) is 6.04 Å². The summed E-state index contributed by atoms with van der Waals surface area (Å²) in [6, 6.07) is -0.162. The normalized spacial score (nSPS) is 17.8. The van der Waals surface area contributed by atoms with Gasteiger partial charge in [0.25, 0.3) is 0 Å². The molecule has 6 nitrogen and oxygen atoms in total. The summed E-state index contributed by atoms with van der Waals surface area (Å²) in [5.41, 5.74) is 0. The Balaban J connectivity index is 1.98. The van der Waals surface area contributed by atoms with Gasteiger partial charge in [0.05, 0.1) is 18.5 Å². The van der Waals surface area contributed by atoms with E-state index in [0.29, 0.717) is 13.1 Å². The molecule has 1 aromatic rings. The van der Waals surface area contributed by atoms with Crippen molar-refractivity contribution in [3.63, 3.8) is 0 Å². The van der Waals surface area contributed by atoms with Crippen LogP contribution in [0.1, 0.15) is 0 Å². The van der Waals surface area contributed by atoms with E-state index in [1.54, 1.807) is 0 Å². The van der Waals surface area contributed by atoms with Crippen molar-refractivity contribution in [2.75, 3.05) is 24.7 Å². The standard InChI is InChI=1S/C8H10ClFN4O2S/c1-17(15,16)14-3-5(4-14)12-7-6(10)2-11-8(9)13-7/h2,5H,3-4H2,1H3,(H,11,12,13). The lowest BCUT2D eigenvalue weighted by atomic mass is 10.2. The van der Waals surface area contributed by atoms with Gasteiger partial charge in [-0.2, -0.15) is 9.29 Å². The highest BCUT2D eigenvalue weighted by atomic mass is 35.5. The average Bonchev–Trinajstić information content (AvgIpc) is 2.14. The molecule has 9 heteroatoms. The van der Waals surface area contributed by atoms with Crippen molar-refractivity contribution in [2.24, 2.45) is 0 Å². The number of nitrogens with zero attached hydrogens (tertiary/aromatic N) is 3. The Morgan fingerprint density at radius 3 is 2.82 bits per heavy atom. The van der Waals surface area contributed by atoms with E-state index >= 15 is 0 Å². The first-order chi connectivity index (χ1) is 7.86. The predicted octanol–water partition coefficient (Wildman–Crippen LogP) is 0.325. The molecule has 1 aliphatic heterocycles. The van der Waals surface area contributed by atoms with Crippen LogP contribution in [-0.4, -0.2) is 48.1 Å². The maximum Gasteiger partial charge on any atom is 0.224 e. The number of halogens is 2. The van der Waals surface area contributed by atoms with Gasteiger partial charge in [0.2, 0.25) is 15.3 Å². The maximum absolute atomic E-state index is 13.2. The molecule has 2 rings (SSSR count). The first-order valence-corrected chi connectivity index (χ1v) is 6.98. The fourth-order valence-electron chi connectivity index (χ4n) is 1.44. The fraction of sp³-hybridized carbons (Fsp3) is 0.500. The molecule has 0 unspecified atom stereocenters. The SMILES string of the molecule is CS(=O)(=O)N1CC(Nc2nc(Cl)ncc2F)C1. The third-order valence-electron chi connectivity index (χ3n) is 2.37. The van der Waals surface area contributed by atoms with E-state index in [0.717, 1.165) is 12.5 Å². The van der Waals surface area contributed by atoms with Gasteiger partial charge in [0.1, 0.15) is 0 Å². The van der Waals surface area contributed by atoms with Crippen LogP contribution in [0.4, 0.5) is 10.2 Å². The van der Waals surface area contributed by atoms with Crippen molar-refractivity contribution in [1.82, 2.24) is 14.3 Å². The van der Waals surface area contributed by atoms with Crippen LogP contribution in [0, 0.1) is 5.82 Å². The number of rotatable bonds is 3. The van der Waals surface area contributed by atoms with E-state index in [9.17, 15) is 12.8 Å². The van der Waals surface area contributed by atoms with Gasteiger partial charge < -0.3 is 5.32 Å². The molecule has 1 fully saturated rings. The predicted molar refractivity (Wildman–Crippen MR) is 60.8 cm³/mol. The molecule has 1 N–H and O–H groups in total. The quantitative estimate of drug-likeness (QED) is 0.808. The summed E-state index contributed by atoms with van der Waals surface area (Å²) in [5, 5.41) is 2.71. The third-order valence-corrected chi connectivity index (χ3v) is 3.79. The van der Waals surface area contributed by atoms with E-state index in [-0.39, 0.29) is 17.1 Å². The van der Waals surface area contributed by atoms with E-state index in [2.05, 4.69) is 15.3 Å². The van der Waals surface area contributed by atoms with Gasteiger partial charge in [-0.25, -0.2) is 17.8 Å². The summed E-state index contributed by atoms with van der Waals surface area (Å²) in [7, 11) is -3.17. The molecule has 1 aliphatic rings. The molecular weight excluding hydrogens is 271 g/mol. The fourth-order valence-corrected chi connectivity index (χ4v) is 2.48. The molecule has 0 bridgehead atoms. The molecule has 94 valence electrons. The maximum atomic E-state index is 13.2. The minimum absolute atomic E-state index is 0.0110. The van der Waals surface area contributed by atoms with Crippen molar-refractivity contribution in [3.05, 3.63) is 17.3 Å². The smallest absolute Gasteiger partial charge is 0.224 e. The molecule has 0 aromatic carbocycles. The molecule has 2 heterocycles. The first-order valence-electron chi connectivity index (χ1n) is 4.76. The zero-order valence-corrected chi connectivity index (χ0v) is 10.5. The molecular formula is C8H10ClFN4O2S. The Bertz CT molecular complexity index is 532. The molecule has 1 aromatic heterocycles. The first kappa shape index (κ1) is 12.5. The Morgan fingerprint density at radius 1 is 1.59 bits per heavy atom. The summed E-state index contributed by atoms with van der Waals surface area (Å²) >= 11 is 5.53. The Morgan fingerprint density at radius 2 is 2.24 bits per heavy atom. The second kappa shape index (κ2) is 4.35. The number of hydrogen-bond acceptors (Lipinski definition) is 5. The van der Waals surface area contributed by atoms with Crippen molar-refractivity contribution < 1.29 is 12.8 Å². The molecule has 1 saturated heterocycles. The van der Waals surface area contributed by atoms with Crippen molar-refractivity contribution in [1.29, 1.82) is 0 Å². The van der Waals surface area contributed by atoms with Gasteiger partial charge in [-0.15, -0.1) is 0 Å². The number of nitrogens with one attached hydrogen (secondary N) is 1. The molecule has 0 aliphatic carbocycles. The lowest BCUT2D eigenvalue weighted by Gasteiger charge is -2.37. The van der Waals surface area contributed by atoms with Gasteiger partial charge in [-0.05, 0) is 11.6 Å². The van der Waals surface area contributed by atoms with E-state index in [1.807, 2.05) is 0 Å². The molecule has 0 spiro atoms. The highest BCUT2D eigenvalue weighted by Gasteiger charge is 2.33. The summed E-state index contributed by atoms with van der Waals surface area (Å²) in [5.74, 6) is -0.629. The number of anilines is 1. The Kier molecular flexibility index (Phi) is 3.19. The van der Waals surface area contributed by atoms with Gasteiger partial charge >= 0.3 is 0 Å². The van der Waals surface area contributed by atoms with E-state index in [4.69, 9.17) is 11.6 Å². The second-order valence-corrected chi connectivity index (χ2v) is 6.08. The molecule has 0 saturated carbocycles. The topological polar surface area (TPSA) is 75.2 Å². The zero-order valence-electron chi connectivity index (χ0n) is 8.89. The summed E-state index contributed by atoms with van der Waals surface area (Å²) in [6.45, 7) is 0.583. The number of aromatic nitrogens is 2. The van der Waals surface area contributed by atoms with Crippen LogP contribution in [0.5, 0.6) is 0 Å². The van der Waals surface area contributed by atoms with Gasteiger partial charge in [-0.1, -0.05) is 0 Å². The summed E-state index contributed by atoms with van der Waals surface area (Å²) in [4.78, 5) is 7.16. The van der Waals surface area contributed by atoms with Crippen LogP contribution in [0.25, 0.3) is 0 Å². The molecule has 0 radical (unpaired) electrons. The summed E-state index contributed by atoms with van der Waals surface area (Å²) < 4.78 is 36.7. The highest BCUT2D eigenvalue weighted by Crippen LogP contribution is 2.19. The van der Waals surface area contributed by atoms with Crippen LogP contribution in [0.3, 0.4) is 0 Å². The van der Waals surface area contributed by atoms with Crippen LogP contribution in [0.2, 0.25) is 5.28 Å². The van der Waals surface area contributed by atoms with Crippen molar-refractivity contribution >= 4 is 27.4 Å². The van der Waals surface area contributed by atoms with Crippen molar-refractivity contribution in [3.8, 4) is 0 Å². The van der Waals surface area contributed by atoms with E-state index in [1.165, 1.54) is 4.31 Å². The largest absolute Gasteiger partial charge is 0.362 e. The highest BCUT2D eigenvalue weighted by molar-refractivity contribution is 7.88. The lowest BCUT2D eigenvalue weighted by Crippen LogP contribution is -2.56. The minimum Gasteiger partial charge on any atom is -0.362 e. The number of sulfonamides is 1. The number of hydrogen-bond donors (Lipinski definition) is 1. The minimum atomic E-state index is -3.17. The molecule has 0 atom stereocenters. The van der Waals surface area contributed by atoms with Gasteiger partial charge in [-0.3, -0.25) is 0 Å². The van der Waals surface area contributed by atoms with Crippen LogP contribution in [-0.2, 0) is 10.0 Å². The van der Waals surface area contributed by atoms with Crippen LogP contribution in [0.15, 0.2) is 6.20 Å². The van der Waals surface area contributed by atoms with Crippen LogP contribution >= 0.6 is 11.6 Å². The molecule has 0 amide bonds. The van der Waals surface area contributed by atoms with Gasteiger partial charge in [0.15, 0.2) is 11.6 Å². The zero-order chi connectivity index (χ0) is 12.6. The Hall–Kier alpha value is -0.990. The summed E-state index contributed by atoms with van der Waals surface area (Å²) in [6.07, 6.45) is 2.09. The average molecular weight is 281 g/mol.